The molecule has 0 aromatic rings. The van der Waals surface area contributed by atoms with Crippen molar-refractivity contribution >= 4 is 0 Å². The van der Waals surface area contributed by atoms with Gasteiger partial charge in [0.25, 0.3) is 0 Å². The van der Waals surface area contributed by atoms with E-state index in [0.29, 0.717) is 0 Å². The van der Waals surface area contributed by atoms with Crippen LogP contribution in [-0.4, -0.2) is 0 Å². The quantitative estimate of drug-likeness (QED) is 0.567. The summed E-state index contributed by atoms with van der Waals surface area (Å²) in [6, 6.07) is 0. The molecular weight excluding hydrogens is 132 g/mol. The van der Waals surface area contributed by atoms with Gasteiger partial charge in [0.2, 0.25) is 0 Å². The molecule has 0 atom stereocenters. The van der Waals surface area contributed by atoms with Crippen LogP contribution in [0.25, 0.3) is 0 Å². The van der Waals surface area contributed by atoms with Gasteiger partial charge in [-0.3, -0.25) is 0 Å². The number of hydrogen-bond donors (Lipinski definition) is 0. The summed E-state index contributed by atoms with van der Waals surface area (Å²) >= 11 is 0. The summed E-state index contributed by atoms with van der Waals surface area (Å²) in [5, 5.41) is 0. The van der Waals surface area contributed by atoms with E-state index >= 15 is 0 Å². The molecule has 0 radical (unpaired) electrons. The van der Waals surface area contributed by atoms with Crippen LogP contribution in [-0.2, 0) is 0 Å². The van der Waals surface area contributed by atoms with E-state index in [2.05, 4.69) is 6.92 Å². The molecule has 0 aromatic carbocycles. The molecule has 2 fully saturated rings. The topological polar surface area (TPSA) is 0 Å². The van der Waals surface area contributed by atoms with E-state index in [-0.39, 0.29) is 0 Å². The first-order valence-corrected chi connectivity index (χ1v) is 5.34. The highest BCUT2D eigenvalue weighted by atomic mass is 14.3. The van der Waals surface area contributed by atoms with Gasteiger partial charge < -0.3 is 0 Å². The summed E-state index contributed by atoms with van der Waals surface area (Å²) in [5.41, 5.74) is 0. The molecule has 2 rings (SSSR count). The molecule has 0 saturated heterocycles. The van der Waals surface area contributed by atoms with Crippen molar-refractivity contribution in [3.8, 4) is 0 Å². The fraction of sp³-hybridized carbons (Fsp3) is 1.00. The minimum absolute atomic E-state index is 1.06. The summed E-state index contributed by atoms with van der Waals surface area (Å²) < 4.78 is 0. The zero-order valence-corrected chi connectivity index (χ0v) is 7.68. The van der Waals surface area contributed by atoms with Crippen LogP contribution in [0.15, 0.2) is 0 Å². The van der Waals surface area contributed by atoms with Crippen LogP contribution in [0.3, 0.4) is 0 Å². The molecular formula is C11H20. The fourth-order valence-electron chi connectivity index (χ4n) is 2.98. The van der Waals surface area contributed by atoms with Crippen LogP contribution in [0.5, 0.6) is 0 Å². The van der Waals surface area contributed by atoms with Gasteiger partial charge in [-0.25, -0.2) is 0 Å². The standard InChI is InChI=1S/C11H20/c1-9-6-11(7-9)8-10-4-2-3-5-10/h9-11H,2-8H2,1H3. The summed E-state index contributed by atoms with van der Waals surface area (Å²) in [5.74, 6) is 3.32. The Labute approximate surface area is 70.4 Å². The molecule has 2 saturated carbocycles. The van der Waals surface area contributed by atoms with E-state index in [4.69, 9.17) is 0 Å². The highest BCUT2D eigenvalue weighted by Crippen LogP contribution is 2.41. The predicted octanol–water partition coefficient (Wildman–Crippen LogP) is 3.61. The molecule has 0 spiro atoms. The van der Waals surface area contributed by atoms with Crippen LogP contribution in [0.1, 0.15) is 51.9 Å². The van der Waals surface area contributed by atoms with Crippen LogP contribution >= 0.6 is 0 Å². The minimum atomic E-state index is 1.06. The molecule has 0 unspecified atom stereocenters. The first kappa shape index (κ1) is 7.64. The molecule has 2 aliphatic carbocycles. The highest BCUT2D eigenvalue weighted by molar-refractivity contribution is 4.80. The van der Waals surface area contributed by atoms with Crippen molar-refractivity contribution in [3.05, 3.63) is 0 Å². The second kappa shape index (κ2) is 3.16. The number of hydrogen-bond acceptors (Lipinski definition) is 0. The molecule has 0 heteroatoms. The molecule has 0 N–H and O–H groups in total. The van der Waals surface area contributed by atoms with Crippen molar-refractivity contribution in [1.29, 1.82) is 0 Å². The second-order valence-electron chi connectivity index (χ2n) is 4.83. The predicted molar refractivity (Wildman–Crippen MR) is 48.5 cm³/mol. The average Bonchev–Trinajstić information content (AvgIpc) is 2.36. The van der Waals surface area contributed by atoms with Crippen LogP contribution < -0.4 is 0 Å². The Bertz CT molecular complexity index is 116. The Kier molecular flexibility index (Phi) is 2.20. The molecule has 11 heavy (non-hydrogen) atoms. The summed E-state index contributed by atoms with van der Waals surface area (Å²) in [7, 11) is 0. The van der Waals surface area contributed by atoms with E-state index in [1.54, 1.807) is 19.3 Å². The van der Waals surface area contributed by atoms with Crippen molar-refractivity contribution in [3.63, 3.8) is 0 Å². The van der Waals surface area contributed by atoms with E-state index in [9.17, 15) is 0 Å². The van der Waals surface area contributed by atoms with Crippen molar-refractivity contribution in [2.24, 2.45) is 17.8 Å². The van der Waals surface area contributed by atoms with Crippen LogP contribution in [0.4, 0.5) is 0 Å². The Morgan fingerprint density at radius 3 is 2.18 bits per heavy atom. The lowest BCUT2D eigenvalue weighted by Crippen LogP contribution is -2.22. The zero-order chi connectivity index (χ0) is 7.68. The molecule has 0 aliphatic heterocycles. The van der Waals surface area contributed by atoms with Crippen LogP contribution in [0, 0.1) is 17.8 Å². The minimum Gasteiger partial charge on any atom is -0.0625 e. The van der Waals surface area contributed by atoms with E-state index in [1.807, 2.05) is 0 Å². The van der Waals surface area contributed by atoms with Gasteiger partial charge in [-0.2, -0.15) is 0 Å². The van der Waals surface area contributed by atoms with Gasteiger partial charge in [0, 0.05) is 0 Å². The van der Waals surface area contributed by atoms with Gasteiger partial charge in [-0.15, -0.1) is 0 Å². The van der Waals surface area contributed by atoms with Gasteiger partial charge in [0.15, 0.2) is 0 Å². The fourth-order valence-corrected chi connectivity index (χ4v) is 2.98. The van der Waals surface area contributed by atoms with Gasteiger partial charge >= 0.3 is 0 Å². The van der Waals surface area contributed by atoms with E-state index < -0.39 is 0 Å². The van der Waals surface area contributed by atoms with Gasteiger partial charge in [-0.05, 0) is 37.0 Å². The van der Waals surface area contributed by atoms with E-state index in [1.165, 1.54) is 25.7 Å². The lowest BCUT2D eigenvalue weighted by molar-refractivity contribution is 0.174. The third-order valence-electron chi connectivity index (χ3n) is 3.61. The van der Waals surface area contributed by atoms with Gasteiger partial charge in [0.1, 0.15) is 0 Å². The molecule has 0 heterocycles. The van der Waals surface area contributed by atoms with Gasteiger partial charge in [-0.1, -0.05) is 32.6 Å². The molecule has 0 bridgehead atoms. The second-order valence-corrected chi connectivity index (χ2v) is 4.83. The smallest absolute Gasteiger partial charge is 0.0407 e. The van der Waals surface area contributed by atoms with Crippen molar-refractivity contribution in [2.75, 3.05) is 0 Å². The maximum Gasteiger partial charge on any atom is -0.0407 e. The van der Waals surface area contributed by atoms with Crippen molar-refractivity contribution in [1.82, 2.24) is 0 Å². The SMILES string of the molecule is CC1CC(CC2CCCC2)C1. The van der Waals surface area contributed by atoms with E-state index in [0.717, 1.165) is 17.8 Å². The average molecular weight is 152 g/mol. The normalized spacial score (nSPS) is 39.0. The Hall–Kier alpha value is 0. The molecule has 0 nitrogen and oxygen atoms in total. The molecule has 64 valence electrons. The molecule has 2 aliphatic rings. The largest absolute Gasteiger partial charge is 0.0625 e. The lowest BCUT2D eigenvalue weighted by atomic mass is 9.72. The Balaban J connectivity index is 1.66. The van der Waals surface area contributed by atoms with Crippen molar-refractivity contribution < 1.29 is 0 Å². The molecule has 0 aromatic heterocycles. The highest BCUT2D eigenvalue weighted by Gasteiger charge is 2.28. The van der Waals surface area contributed by atoms with Gasteiger partial charge in [0.05, 0.1) is 0 Å². The monoisotopic (exact) mass is 152 g/mol. The Morgan fingerprint density at radius 1 is 1.00 bits per heavy atom. The number of rotatable bonds is 2. The summed E-state index contributed by atoms with van der Waals surface area (Å²) in [6.45, 7) is 2.39. The maximum absolute atomic E-state index is 2.39. The third-order valence-corrected chi connectivity index (χ3v) is 3.61. The first-order valence-electron chi connectivity index (χ1n) is 5.34. The summed E-state index contributed by atoms with van der Waals surface area (Å²) in [4.78, 5) is 0. The Morgan fingerprint density at radius 2 is 1.64 bits per heavy atom. The lowest BCUT2D eigenvalue weighted by Gasteiger charge is -2.34. The maximum atomic E-state index is 2.39. The zero-order valence-electron chi connectivity index (χ0n) is 7.68. The summed E-state index contributed by atoms with van der Waals surface area (Å²) in [6.07, 6.45) is 10.8. The van der Waals surface area contributed by atoms with Crippen molar-refractivity contribution in [2.45, 2.75) is 51.9 Å². The third kappa shape index (κ3) is 1.77. The van der Waals surface area contributed by atoms with Crippen LogP contribution in [0.2, 0.25) is 0 Å². The molecule has 0 amide bonds. The first-order chi connectivity index (χ1) is 5.34.